The van der Waals surface area contributed by atoms with Crippen molar-refractivity contribution in [2.75, 3.05) is 12.4 Å². The number of nitrogens with zero attached hydrogens (tertiary/aromatic N) is 2. The Morgan fingerprint density at radius 3 is 2.62 bits per heavy atom. The monoisotopic (exact) mass is 364 g/mol. The first-order chi connectivity index (χ1) is 11.6. The molecule has 2 aromatic rings. The van der Waals surface area contributed by atoms with Crippen LogP contribution in [0.2, 0.25) is 0 Å². The second kappa shape index (κ2) is 7.64. The number of hydrogen-bond donors (Lipinski definition) is 0. The molecule has 6 heteroatoms. The van der Waals surface area contributed by atoms with Gasteiger partial charge in [0.05, 0.1) is 10.9 Å². The summed E-state index contributed by atoms with van der Waals surface area (Å²) in [5, 5.41) is 0. The molecule has 0 aliphatic carbocycles. The number of piperidine rings is 1. The molecule has 0 amide bonds. The molecule has 1 unspecified atom stereocenters. The van der Waals surface area contributed by atoms with E-state index < -0.39 is 10.0 Å². The maximum absolute atomic E-state index is 13.1. The Bertz CT molecular complexity index is 763. The summed E-state index contributed by atoms with van der Waals surface area (Å²) in [5.41, 5.74) is 2.01. The van der Waals surface area contributed by atoms with Crippen molar-refractivity contribution < 1.29 is 8.42 Å². The van der Waals surface area contributed by atoms with Crippen LogP contribution in [-0.2, 0) is 16.4 Å². The minimum atomic E-state index is -3.52. The number of halogens is 1. The number of alkyl halides is 1. The number of sulfonamides is 1. The minimum absolute atomic E-state index is 0.139. The molecule has 1 fully saturated rings. The van der Waals surface area contributed by atoms with Crippen molar-refractivity contribution in [3.05, 3.63) is 59.9 Å². The molecule has 1 atom stereocenters. The zero-order chi connectivity index (χ0) is 17.0. The molecule has 0 saturated carbocycles. The average molecular weight is 365 g/mol. The molecule has 0 spiro atoms. The number of rotatable bonds is 5. The van der Waals surface area contributed by atoms with Gasteiger partial charge in [-0.15, -0.1) is 11.6 Å². The van der Waals surface area contributed by atoms with Crippen molar-refractivity contribution in [2.45, 2.75) is 36.6 Å². The molecule has 2 heterocycles. The lowest BCUT2D eigenvalue weighted by molar-refractivity contribution is 0.255. The molecular weight excluding hydrogens is 344 g/mol. The highest BCUT2D eigenvalue weighted by molar-refractivity contribution is 7.89. The van der Waals surface area contributed by atoms with Crippen molar-refractivity contribution in [3.63, 3.8) is 0 Å². The number of aromatic nitrogens is 1. The summed E-state index contributed by atoms with van der Waals surface area (Å²) in [5.74, 6) is 0.529. The summed E-state index contributed by atoms with van der Waals surface area (Å²) in [6.45, 7) is 0.547. The van der Waals surface area contributed by atoms with Crippen LogP contribution in [0.25, 0.3) is 0 Å². The summed E-state index contributed by atoms with van der Waals surface area (Å²) in [7, 11) is -3.52. The molecule has 24 heavy (non-hydrogen) atoms. The number of aryl methyl sites for hydroxylation is 1. The first-order valence-corrected chi connectivity index (χ1v) is 10.2. The number of hydrogen-bond acceptors (Lipinski definition) is 3. The summed E-state index contributed by atoms with van der Waals surface area (Å²) >= 11 is 5.74. The molecule has 1 aromatic carbocycles. The quantitative estimate of drug-likeness (QED) is 0.758. The third-order valence-electron chi connectivity index (χ3n) is 4.44. The van der Waals surface area contributed by atoms with E-state index in [1.54, 1.807) is 28.8 Å². The van der Waals surface area contributed by atoms with Gasteiger partial charge in [-0.1, -0.05) is 24.6 Å². The van der Waals surface area contributed by atoms with Gasteiger partial charge < -0.3 is 0 Å². The highest BCUT2D eigenvalue weighted by Gasteiger charge is 2.34. The topological polar surface area (TPSA) is 50.3 Å². The first kappa shape index (κ1) is 17.4. The van der Waals surface area contributed by atoms with Crippen LogP contribution in [0.4, 0.5) is 0 Å². The summed E-state index contributed by atoms with van der Waals surface area (Å²) in [6.07, 6.45) is 6.96. The Kier molecular flexibility index (Phi) is 5.54. The molecule has 4 nitrogen and oxygen atoms in total. The molecule has 128 valence electrons. The van der Waals surface area contributed by atoms with Crippen molar-refractivity contribution in [1.82, 2.24) is 9.29 Å². The van der Waals surface area contributed by atoms with E-state index in [2.05, 4.69) is 4.98 Å². The van der Waals surface area contributed by atoms with Crippen LogP contribution < -0.4 is 0 Å². The lowest BCUT2D eigenvalue weighted by Crippen LogP contribution is -2.38. The molecule has 1 aliphatic heterocycles. The fourth-order valence-electron chi connectivity index (χ4n) is 3.17. The van der Waals surface area contributed by atoms with E-state index in [0.29, 0.717) is 17.3 Å². The van der Waals surface area contributed by atoms with Gasteiger partial charge in [-0.2, -0.15) is 4.31 Å². The lowest BCUT2D eigenvalue weighted by atomic mass is 9.99. The van der Waals surface area contributed by atoms with E-state index in [4.69, 9.17) is 11.6 Å². The zero-order valence-electron chi connectivity index (χ0n) is 13.4. The average Bonchev–Trinajstić information content (AvgIpc) is 2.63. The molecule has 0 radical (unpaired) electrons. The Morgan fingerprint density at radius 2 is 1.96 bits per heavy atom. The van der Waals surface area contributed by atoms with Crippen LogP contribution in [0.1, 0.15) is 36.4 Å². The van der Waals surface area contributed by atoms with Crippen LogP contribution in [-0.4, -0.2) is 30.1 Å². The van der Waals surface area contributed by atoms with Crippen LogP contribution in [0.15, 0.2) is 53.7 Å². The molecule has 1 aromatic heterocycles. The minimum Gasteiger partial charge on any atom is -0.264 e. The van der Waals surface area contributed by atoms with Crippen molar-refractivity contribution >= 4 is 21.6 Å². The summed E-state index contributed by atoms with van der Waals surface area (Å²) in [4.78, 5) is 4.49. The van der Waals surface area contributed by atoms with E-state index in [1.807, 2.05) is 24.3 Å². The predicted molar refractivity (Wildman–Crippen MR) is 95.6 cm³/mol. The summed E-state index contributed by atoms with van der Waals surface area (Å²) < 4.78 is 27.9. The van der Waals surface area contributed by atoms with Crippen LogP contribution in [0, 0.1) is 0 Å². The maximum Gasteiger partial charge on any atom is 0.243 e. The fourth-order valence-corrected chi connectivity index (χ4v) is 5.07. The second-order valence-electron chi connectivity index (χ2n) is 6.00. The van der Waals surface area contributed by atoms with Gasteiger partial charge in [-0.25, -0.2) is 8.42 Å². The Balaban J connectivity index is 1.91. The highest BCUT2D eigenvalue weighted by Crippen LogP contribution is 2.35. The Morgan fingerprint density at radius 1 is 1.17 bits per heavy atom. The maximum atomic E-state index is 13.1. The molecule has 0 bridgehead atoms. The second-order valence-corrected chi connectivity index (χ2v) is 8.27. The van der Waals surface area contributed by atoms with Crippen molar-refractivity contribution in [3.8, 4) is 0 Å². The first-order valence-electron chi connectivity index (χ1n) is 8.19. The van der Waals surface area contributed by atoms with Crippen LogP contribution in [0.5, 0.6) is 0 Å². The molecule has 0 N–H and O–H groups in total. The van der Waals surface area contributed by atoms with Gasteiger partial charge >= 0.3 is 0 Å². The summed E-state index contributed by atoms with van der Waals surface area (Å²) in [6, 6.07) is 10.7. The van der Waals surface area contributed by atoms with Crippen LogP contribution in [0.3, 0.4) is 0 Å². The van der Waals surface area contributed by atoms with E-state index in [9.17, 15) is 8.42 Å². The van der Waals surface area contributed by atoms with Crippen LogP contribution >= 0.6 is 11.6 Å². The van der Waals surface area contributed by atoms with E-state index in [0.717, 1.165) is 36.8 Å². The molecule has 1 saturated heterocycles. The Hall–Kier alpha value is -1.43. The third kappa shape index (κ3) is 3.63. The molecule has 3 rings (SSSR count). The number of pyridine rings is 1. The van der Waals surface area contributed by atoms with Gasteiger partial charge in [0.1, 0.15) is 0 Å². The van der Waals surface area contributed by atoms with E-state index >= 15 is 0 Å². The smallest absolute Gasteiger partial charge is 0.243 e. The standard InChI is InChI=1S/C18H21ClN2O2S/c19-11-10-15-6-8-17(9-7-15)24(22,23)21-13-2-1-5-18(21)16-4-3-12-20-14-16/h3-4,6-9,12,14,18H,1-2,5,10-11,13H2. The largest absolute Gasteiger partial charge is 0.264 e. The predicted octanol–water partition coefficient (Wildman–Crippen LogP) is 3.78. The van der Waals surface area contributed by atoms with E-state index in [1.165, 1.54) is 0 Å². The third-order valence-corrected chi connectivity index (χ3v) is 6.55. The van der Waals surface area contributed by atoms with Gasteiger partial charge in [0.2, 0.25) is 10.0 Å². The van der Waals surface area contributed by atoms with Gasteiger partial charge in [-0.3, -0.25) is 4.98 Å². The zero-order valence-corrected chi connectivity index (χ0v) is 15.0. The molecule has 1 aliphatic rings. The highest BCUT2D eigenvalue weighted by atomic mass is 35.5. The molecular formula is C18H21ClN2O2S. The van der Waals surface area contributed by atoms with E-state index in [-0.39, 0.29) is 6.04 Å². The van der Waals surface area contributed by atoms with Gasteiger partial charge in [0.25, 0.3) is 0 Å². The SMILES string of the molecule is O=S(=O)(c1ccc(CCCl)cc1)N1CCCCC1c1cccnc1. The van der Waals surface area contributed by atoms with Gasteiger partial charge in [0.15, 0.2) is 0 Å². The van der Waals surface area contributed by atoms with Crippen molar-refractivity contribution in [1.29, 1.82) is 0 Å². The Labute approximate surface area is 148 Å². The van der Waals surface area contributed by atoms with Gasteiger partial charge in [0, 0.05) is 24.8 Å². The fraction of sp³-hybridized carbons (Fsp3) is 0.389. The lowest BCUT2D eigenvalue weighted by Gasteiger charge is -2.34. The van der Waals surface area contributed by atoms with Crippen molar-refractivity contribution in [2.24, 2.45) is 0 Å². The number of benzene rings is 1. The normalized spacial score (nSPS) is 19.3. The van der Waals surface area contributed by atoms with Gasteiger partial charge in [-0.05, 0) is 48.6 Å².